The summed E-state index contributed by atoms with van der Waals surface area (Å²) in [5, 5.41) is 5.46. The van der Waals surface area contributed by atoms with Crippen molar-refractivity contribution >= 4 is 17.3 Å². The number of nitrogens with zero attached hydrogens (tertiary/aromatic N) is 1. The molecule has 20 heavy (non-hydrogen) atoms. The molecule has 0 fully saturated rings. The number of amides is 1. The quantitative estimate of drug-likeness (QED) is 0.903. The molecule has 0 aliphatic rings. The summed E-state index contributed by atoms with van der Waals surface area (Å²) >= 11 is 0. The van der Waals surface area contributed by atoms with Gasteiger partial charge in [0.25, 0.3) is 5.91 Å². The summed E-state index contributed by atoms with van der Waals surface area (Å²) in [5.41, 5.74) is 0.967. The monoisotopic (exact) mass is 277 g/mol. The zero-order valence-corrected chi connectivity index (χ0v) is 10.8. The molecule has 2 N–H and O–H groups in total. The van der Waals surface area contributed by atoms with Crippen LogP contribution in [0.3, 0.4) is 0 Å². The van der Waals surface area contributed by atoms with Gasteiger partial charge in [0.05, 0.1) is 11.3 Å². The fourth-order valence-corrected chi connectivity index (χ4v) is 1.74. The number of hydrogen-bond acceptors (Lipinski definition) is 3. The van der Waals surface area contributed by atoms with Crippen LogP contribution >= 0.6 is 0 Å². The van der Waals surface area contributed by atoms with Gasteiger partial charge < -0.3 is 10.6 Å². The lowest BCUT2D eigenvalue weighted by Gasteiger charge is -2.10. The molecule has 4 nitrogen and oxygen atoms in total. The molecule has 0 unspecified atom stereocenters. The highest BCUT2D eigenvalue weighted by molar-refractivity contribution is 6.07. The first-order chi connectivity index (χ1) is 9.60. The maximum Gasteiger partial charge on any atom is 0.259 e. The predicted molar refractivity (Wildman–Crippen MR) is 72.7 cm³/mol. The molecule has 0 bridgehead atoms. The van der Waals surface area contributed by atoms with Gasteiger partial charge in [0, 0.05) is 30.7 Å². The van der Waals surface area contributed by atoms with E-state index in [9.17, 15) is 13.6 Å². The molecule has 1 amide bonds. The number of anilines is 2. The van der Waals surface area contributed by atoms with Crippen LogP contribution in [0.1, 0.15) is 17.3 Å². The zero-order chi connectivity index (χ0) is 14.5. The lowest BCUT2D eigenvalue weighted by atomic mass is 10.2. The topological polar surface area (TPSA) is 54.0 Å². The number of pyridine rings is 1. The van der Waals surface area contributed by atoms with Crippen LogP contribution in [0.5, 0.6) is 0 Å². The van der Waals surface area contributed by atoms with Gasteiger partial charge >= 0.3 is 0 Å². The van der Waals surface area contributed by atoms with E-state index < -0.39 is 17.5 Å². The summed E-state index contributed by atoms with van der Waals surface area (Å²) in [7, 11) is 0. The van der Waals surface area contributed by atoms with Crippen LogP contribution in [0.15, 0.2) is 36.7 Å². The molecule has 0 saturated heterocycles. The minimum atomic E-state index is -0.751. The van der Waals surface area contributed by atoms with E-state index in [4.69, 9.17) is 0 Å². The van der Waals surface area contributed by atoms with Crippen LogP contribution in [0, 0.1) is 11.6 Å². The van der Waals surface area contributed by atoms with E-state index >= 15 is 0 Å². The Bertz CT molecular complexity index is 611. The standard InChI is InChI=1S/C14H13F2N3O/c1-2-18-13-3-4-17-8-12(13)14(20)19-11-6-9(15)5-10(16)7-11/h3-8H,2H2,1H3,(H,17,18)(H,19,20). The molecule has 1 aromatic heterocycles. The molecule has 2 rings (SSSR count). The second-order valence-electron chi connectivity index (χ2n) is 4.06. The zero-order valence-electron chi connectivity index (χ0n) is 10.8. The van der Waals surface area contributed by atoms with Gasteiger partial charge in [-0.1, -0.05) is 0 Å². The van der Waals surface area contributed by atoms with Crippen molar-refractivity contribution in [2.45, 2.75) is 6.92 Å². The normalized spacial score (nSPS) is 10.2. The van der Waals surface area contributed by atoms with Crippen molar-refractivity contribution < 1.29 is 13.6 Å². The molecule has 0 aliphatic carbocycles. The summed E-state index contributed by atoms with van der Waals surface area (Å²) in [6, 6.07) is 4.49. The fraction of sp³-hybridized carbons (Fsp3) is 0.143. The SMILES string of the molecule is CCNc1ccncc1C(=O)Nc1cc(F)cc(F)c1. The Balaban J connectivity index is 2.23. The molecule has 6 heteroatoms. The van der Waals surface area contributed by atoms with Crippen molar-refractivity contribution in [1.82, 2.24) is 4.98 Å². The molecule has 0 radical (unpaired) electrons. The summed E-state index contributed by atoms with van der Waals surface area (Å²) in [5.74, 6) is -1.99. The maximum atomic E-state index is 13.1. The number of hydrogen-bond donors (Lipinski definition) is 2. The van der Waals surface area contributed by atoms with Crippen LogP contribution in [-0.2, 0) is 0 Å². The van der Waals surface area contributed by atoms with Gasteiger partial charge in [-0.3, -0.25) is 9.78 Å². The summed E-state index contributed by atoms with van der Waals surface area (Å²) in [6.07, 6.45) is 2.94. The van der Waals surface area contributed by atoms with Crippen LogP contribution in [-0.4, -0.2) is 17.4 Å². The highest BCUT2D eigenvalue weighted by atomic mass is 19.1. The largest absolute Gasteiger partial charge is 0.385 e. The third kappa shape index (κ3) is 3.28. The van der Waals surface area contributed by atoms with Crippen LogP contribution in [0.2, 0.25) is 0 Å². The Morgan fingerprint density at radius 3 is 2.60 bits per heavy atom. The Kier molecular flexibility index (Phi) is 4.24. The molecule has 0 spiro atoms. The summed E-state index contributed by atoms with van der Waals surface area (Å²) in [4.78, 5) is 16.0. The van der Waals surface area contributed by atoms with Crippen molar-refractivity contribution in [1.29, 1.82) is 0 Å². The highest BCUT2D eigenvalue weighted by Gasteiger charge is 2.12. The molecular weight excluding hydrogens is 264 g/mol. The Morgan fingerprint density at radius 1 is 1.25 bits per heavy atom. The van der Waals surface area contributed by atoms with Crippen molar-refractivity contribution in [3.05, 3.63) is 53.9 Å². The molecule has 0 aliphatic heterocycles. The molecule has 0 atom stereocenters. The van der Waals surface area contributed by atoms with Crippen LogP contribution in [0.25, 0.3) is 0 Å². The highest BCUT2D eigenvalue weighted by Crippen LogP contribution is 2.17. The average Bonchev–Trinajstić information content (AvgIpc) is 2.38. The van der Waals surface area contributed by atoms with Crippen LogP contribution in [0.4, 0.5) is 20.2 Å². The van der Waals surface area contributed by atoms with Gasteiger partial charge in [-0.05, 0) is 25.1 Å². The minimum absolute atomic E-state index is 0.0544. The Labute approximate surface area is 114 Å². The molecule has 2 aromatic rings. The van der Waals surface area contributed by atoms with E-state index in [1.165, 1.54) is 6.20 Å². The van der Waals surface area contributed by atoms with E-state index in [-0.39, 0.29) is 5.69 Å². The van der Waals surface area contributed by atoms with Gasteiger partial charge in [0.1, 0.15) is 11.6 Å². The number of halogens is 2. The number of rotatable bonds is 4. The second-order valence-corrected chi connectivity index (χ2v) is 4.06. The average molecular weight is 277 g/mol. The van der Waals surface area contributed by atoms with Gasteiger partial charge in [-0.25, -0.2) is 8.78 Å². The Hall–Kier alpha value is -2.50. The number of carbonyl (C=O) groups is 1. The Morgan fingerprint density at radius 2 is 1.95 bits per heavy atom. The first kappa shape index (κ1) is 13.9. The molecule has 1 heterocycles. The number of benzene rings is 1. The second kappa shape index (κ2) is 6.10. The lowest BCUT2D eigenvalue weighted by molar-refractivity contribution is 0.102. The predicted octanol–water partition coefficient (Wildman–Crippen LogP) is 3.04. The fourth-order valence-electron chi connectivity index (χ4n) is 1.74. The van der Waals surface area contributed by atoms with E-state index in [0.29, 0.717) is 17.8 Å². The van der Waals surface area contributed by atoms with E-state index in [1.54, 1.807) is 12.3 Å². The number of aromatic nitrogens is 1. The van der Waals surface area contributed by atoms with E-state index in [0.717, 1.165) is 18.2 Å². The summed E-state index contributed by atoms with van der Waals surface area (Å²) in [6.45, 7) is 2.53. The lowest BCUT2D eigenvalue weighted by Crippen LogP contribution is -2.15. The van der Waals surface area contributed by atoms with Crippen molar-refractivity contribution in [2.24, 2.45) is 0 Å². The summed E-state index contributed by atoms with van der Waals surface area (Å²) < 4.78 is 26.1. The van der Waals surface area contributed by atoms with Gasteiger partial charge in [-0.15, -0.1) is 0 Å². The van der Waals surface area contributed by atoms with E-state index in [1.807, 2.05) is 6.92 Å². The minimum Gasteiger partial charge on any atom is -0.385 e. The molecule has 0 saturated carbocycles. The first-order valence-electron chi connectivity index (χ1n) is 6.05. The number of nitrogens with one attached hydrogen (secondary N) is 2. The third-order valence-corrected chi connectivity index (χ3v) is 2.55. The van der Waals surface area contributed by atoms with Crippen molar-refractivity contribution in [3.8, 4) is 0 Å². The third-order valence-electron chi connectivity index (χ3n) is 2.55. The van der Waals surface area contributed by atoms with Gasteiger partial charge in [0.2, 0.25) is 0 Å². The molecular formula is C14H13F2N3O. The van der Waals surface area contributed by atoms with Crippen molar-refractivity contribution in [3.63, 3.8) is 0 Å². The van der Waals surface area contributed by atoms with E-state index in [2.05, 4.69) is 15.6 Å². The smallest absolute Gasteiger partial charge is 0.259 e. The molecule has 104 valence electrons. The first-order valence-corrected chi connectivity index (χ1v) is 6.05. The van der Waals surface area contributed by atoms with Crippen molar-refractivity contribution in [2.75, 3.05) is 17.2 Å². The van der Waals surface area contributed by atoms with Gasteiger partial charge in [-0.2, -0.15) is 0 Å². The molecule has 1 aromatic carbocycles. The van der Waals surface area contributed by atoms with Crippen LogP contribution < -0.4 is 10.6 Å². The maximum absolute atomic E-state index is 13.1. The van der Waals surface area contributed by atoms with Gasteiger partial charge in [0.15, 0.2) is 0 Å². The number of carbonyl (C=O) groups excluding carboxylic acids is 1.